The molecule has 0 aliphatic carbocycles. The van der Waals surface area contributed by atoms with Crippen molar-refractivity contribution >= 4 is 22.6 Å². The van der Waals surface area contributed by atoms with Crippen molar-refractivity contribution in [2.24, 2.45) is 0 Å². The van der Waals surface area contributed by atoms with Crippen LogP contribution < -0.4 is 0 Å². The topological polar surface area (TPSA) is 17.8 Å². The van der Waals surface area contributed by atoms with Crippen LogP contribution in [-0.2, 0) is 12.1 Å². The SMILES string of the molecule is CCC(CC)n1c(CCl)nc2cc(C(F)(F)F)ccc21. The lowest BCUT2D eigenvalue weighted by atomic mass is 10.1. The number of imidazole rings is 1. The Morgan fingerprint density at radius 1 is 1.25 bits per heavy atom. The van der Waals surface area contributed by atoms with Gasteiger partial charge in [0.25, 0.3) is 0 Å². The number of aromatic nitrogens is 2. The third-order valence-corrected chi connectivity index (χ3v) is 3.76. The highest BCUT2D eigenvalue weighted by Crippen LogP contribution is 2.33. The summed E-state index contributed by atoms with van der Waals surface area (Å²) < 4.78 is 40.2. The van der Waals surface area contributed by atoms with E-state index < -0.39 is 11.7 Å². The summed E-state index contributed by atoms with van der Waals surface area (Å²) in [5, 5.41) is 0. The molecule has 2 rings (SSSR count). The molecule has 110 valence electrons. The summed E-state index contributed by atoms with van der Waals surface area (Å²) in [6.45, 7) is 4.09. The van der Waals surface area contributed by atoms with E-state index in [-0.39, 0.29) is 11.9 Å². The van der Waals surface area contributed by atoms with E-state index in [0.29, 0.717) is 16.9 Å². The molecule has 0 spiro atoms. The van der Waals surface area contributed by atoms with Crippen molar-refractivity contribution in [2.45, 2.75) is 44.8 Å². The maximum Gasteiger partial charge on any atom is 0.416 e. The van der Waals surface area contributed by atoms with E-state index in [0.717, 1.165) is 25.0 Å². The maximum atomic E-state index is 12.7. The van der Waals surface area contributed by atoms with Crippen molar-refractivity contribution in [3.8, 4) is 0 Å². The van der Waals surface area contributed by atoms with Crippen molar-refractivity contribution < 1.29 is 13.2 Å². The lowest BCUT2D eigenvalue weighted by Crippen LogP contribution is -2.10. The first kappa shape index (κ1) is 15.2. The highest BCUT2D eigenvalue weighted by Gasteiger charge is 2.31. The highest BCUT2D eigenvalue weighted by molar-refractivity contribution is 6.16. The van der Waals surface area contributed by atoms with E-state index in [9.17, 15) is 13.2 Å². The van der Waals surface area contributed by atoms with Crippen LogP contribution in [0.15, 0.2) is 18.2 Å². The van der Waals surface area contributed by atoms with Crippen molar-refractivity contribution in [1.82, 2.24) is 9.55 Å². The molecule has 0 saturated carbocycles. The van der Waals surface area contributed by atoms with Crippen molar-refractivity contribution in [2.75, 3.05) is 0 Å². The number of hydrogen-bond donors (Lipinski definition) is 0. The largest absolute Gasteiger partial charge is 0.416 e. The molecule has 0 aliphatic rings. The molecule has 0 unspecified atom stereocenters. The molecular formula is C14H16ClF3N2. The van der Waals surface area contributed by atoms with Crippen molar-refractivity contribution in [3.05, 3.63) is 29.6 Å². The molecule has 0 fully saturated rings. The fourth-order valence-electron chi connectivity index (χ4n) is 2.48. The molecule has 0 N–H and O–H groups in total. The van der Waals surface area contributed by atoms with Gasteiger partial charge in [-0.25, -0.2) is 4.98 Å². The minimum atomic E-state index is -4.35. The third-order valence-electron chi connectivity index (χ3n) is 3.52. The molecule has 0 radical (unpaired) electrons. The summed E-state index contributed by atoms with van der Waals surface area (Å²) in [4.78, 5) is 4.25. The van der Waals surface area contributed by atoms with E-state index in [2.05, 4.69) is 4.98 Å². The number of fused-ring (bicyclic) bond motifs is 1. The molecule has 2 nitrogen and oxygen atoms in total. The first-order chi connectivity index (χ1) is 9.42. The lowest BCUT2D eigenvalue weighted by Gasteiger charge is -2.18. The standard InChI is InChI=1S/C14H16ClF3N2/c1-3-10(4-2)20-12-6-5-9(14(16,17)18)7-11(12)19-13(20)8-15/h5-7,10H,3-4,8H2,1-2H3. The Morgan fingerprint density at radius 3 is 2.40 bits per heavy atom. The summed E-state index contributed by atoms with van der Waals surface area (Å²) in [5.74, 6) is 0.807. The Kier molecular flexibility index (Phi) is 4.28. The Balaban J connectivity index is 2.63. The van der Waals surface area contributed by atoms with Gasteiger partial charge in [0.2, 0.25) is 0 Å². The van der Waals surface area contributed by atoms with Gasteiger partial charge in [-0.05, 0) is 31.0 Å². The fourth-order valence-corrected chi connectivity index (χ4v) is 2.67. The van der Waals surface area contributed by atoms with Crippen LogP contribution >= 0.6 is 11.6 Å². The van der Waals surface area contributed by atoms with E-state index in [4.69, 9.17) is 11.6 Å². The van der Waals surface area contributed by atoms with Gasteiger partial charge in [-0.15, -0.1) is 11.6 Å². The predicted octanol–water partition coefficient (Wildman–Crippen LogP) is 5.16. The second kappa shape index (κ2) is 5.64. The van der Waals surface area contributed by atoms with Crippen molar-refractivity contribution in [3.63, 3.8) is 0 Å². The Labute approximate surface area is 120 Å². The molecule has 0 atom stereocenters. The maximum absolute atomic E-state index is 12.7. The summed E-state index contributed by atoms with van der Waals surface area (Å²) in [6, 6.07) is 3.87. The fraction of sp³-hybridized carbons (Fsp3) is 0.500. The summed E-state index contributed by atoms with van der Waals surface area (Å²) >= 11 is 5.89. The van der Waals surface area contributed by atoms with Crippen LogP contribution in [0.4, 0.5) is 13.2 Å². The van der Waals surface area contributed by atoms with Crippen LogP contribution in [0, 0.1) is 0 Å². The van der Waals surface area contributed by atoms with Gasteiger partial charge in [-0.3, -0.25) is 0 Å². The number of rotatable bonds is 4. The molecule has 0 bridgehead atoms. The Morgan fingerprint density at radius 2 is 1.90 bits per heavy atom. The number of benzene rings is 1. The van der Waals surface area contributed by atoms with E-state index in [1.807, 2.05) is 18.4 Å². The zero-order valence-corrected chi connectivity index (χ0v) is 12.1. The van der Waals surface area contributed by atoms with Gasteiger partial charge in [0.05, 0.1) is 22.5 Å². The first-order valence-corrected chi connectivity index (χ1v) is 7.09. The molecule has 1 aromatic heterocycles. The summed E-state index contributed by atoms with van der Waals surface area (Å²) in [7, 11) is 0. The monoisotopic (exact) mass is 304 g/mol. The second-order valence-electron chi connectivity index (χ2n) is 4.70. The Hall–Kier alpha value is -1.23. The number of alkyl halides is 4. The predicted molar refractivity (Wildman–Crippen MR) is 73.9 cm³/mol. The minimum absolute atomic E-state index is 0.187. The van der Waals surface area contributed by atoms with E-state index >= 15 is 0 Å². The summed E-state index contributed by atoms with van der Waals surface area (Å²) in [5.41, 5.74) is 0.380. The number of hydrogen-bond acceptors (Lipinski definition) is 1. The van der Waals surface area contributed by atoms with Crippen LogP contribution in [0.3, 0.4) is 0 Å². The molecule has 20 heavy (non-hydrogen) atoms. The van der Waals surface area contributed by atoms with Gasteiger partial charge in [-0.1, -0.05) is 13.8 Å². The van der Waals surface area contributed by atoms with Crippen LogP contribution in [0.5, 0.6) is 0 Å². The zero-order valence-electron chi connectivity index (χ0n) is 11.3. The zero-order chi connectivity index (χ0) is 14.9. The first-order valence-electron chi connectivity index (χ1n) is 6.56. The number of halogens is 4. The molecule has 0 amide bonds. The van der Waals surface area contributed by atoms with Crippen LogP contribution in [0.1, 0.15) is 44.1 Å². The minimum Gasteiger partial charge on any atom is -0.324 e. The van der Waals surface area contributed by atoms with Crippen molar-refractivity contribution in [1.29, 1.82) is 0 Å². The average molecular weight is 305 g/mol. The molecule has 2 aromatic rings. The van der Waals surface area contributed by atoms with Crippen LogP contribution in [-0.4, -0.2) is 9.55 Å². The van der Waals surface area contributed by atoms with Crippen LogP contribution in [0.25, 0.3) is 11.0 Å². The van der Waals surface area contributed by atoms with Gasteiger partial charge in [0.1, 0.15) is 5.82 Å². The average Bonchev–Trinajstić information content (AvgIpc) is 2.77. The van der Waals surface area contributed by atoms with Gasteiger partial charge in [0, 0.05) is 6.04 Å². The third kappa shape index (κ3) is 2.64. The molecule has 1 aromatic carbocycles. The normalized spacial score (nSPS) is 12.6. The summed E-state index contributed by atoms with van der Waals surface area (Å²) in [6.07, 6.45) is -2.59. The molecule has 1 heterocycles. The highest BCUT2D eigenvalue weighted by atomic mass is 35.5. The smallest absolute Gasteiger partial charge is 0.324 e. The molecule has 6 heteroatoms. The lowest BCUT2D eigenvalue weighted by molar-refractivity contribution is -0.137. The van der Waals surface area contributed by atoms with E-state index in [1.54, 1.807) is 0 Å². The number of nitrogens with zero attached hydrogens (tertiary/aromatic N) is 2. The Bertz CT molecular complexity index is 600. The van der Waals surface area contributed by atoms with Gasteiger partial charge >= 0.3 is 6.18 Å². The molecule has 0 aliphatic heterocycles. The molecular weight excluding hydrogens is 289 g/mol. The quantitative estimate of drug-likeness (QED) is 0.714. The van der Waals surface area contributed by atoms with E-state index in [1.165, 1.54) is 6.07 Å². The van der Waals surface area contributed by atoms with Gasteiger partial charge in [0.15, 0.2) is 0 Å². The van der Waals surface area contributed by atoms with Crippen LogP contribution in [0.2, 0.25) is 0 Å². The molecule has 0 saturated heterocycles. The van der Waals surface area contributed by atoms with Gasteiger partial charge in [-0.2, -0.15) is 13.2 Å². The van der Waals surface area contributed by atoms with Gasteiger partial charge < -0.3 is 4.57 Å². The second-order valence-corrected chi connectivity index (χ2v) is 4.97.